The molecule has 0 aliphatic carbocycles. The molecule has 2 aromatic rings. The van der Waals surface area contributed by atoms with Crippen molar-refractivity contribution in [2.75, 3.05) is 0 Å². The maximum Gasteiger partial charge on any atom is 0.244 e. The van der Waals surface area contributed by atoms with Crippen LogP contribution < -0.4 is 4.57 Å². The van der Waals surface area contributed by atoms with Crippen LogP contribution in [0, 0.1) is 0 Å². The first-order valence-corrected chi connectivity index (χ1v) is 6.39. The summed E-state index contributed by atoms with van der Waals surface area (Å²) in [6.45, 7) is 3.55. The Hall–Kier alpha value is -1.31. The Kier molecular flexibility index (Phi) is 1.58. The lowest BCUT2D eigenvalue weighted by atomic mass is 9.96. The van der Waals surface area contributed by atoms with Crippen molar-refractivity contribution in [3.8, 4) is 0 Å². The summed E-state index contributed by atoms with van der Waals surface area (Å²) in [5.74, 6) is 0. The molecule has 1 aromatic heterocycles. The maximum absolute atomic E-state index is 2.50. The van der Waals surface area contributed by atoms with E-state index in [1.807, 2.05) is 0 Å². The van der Waals surface area contributed by atoms with E-state index in [0.29, 0.717) is 6.04 Å². The molecule has 2 heteroatoms. The number of aryl methyl sites for hydroxylation is 3. The van der Waals surface area contributed by atoms with E-state index in [4.69, 9.17) is 0 Å². The van der Waals surface area contributed by atoms with E-state index in [-0.39, 0.29) is 0 Å². The second-order valence-electron chi connectivity index (χ2n) is 5.29. The van der Waals surface area contributed by atoms with E-state index in [1.54, 1.807) is 11.1 Å². The highest BCUT2D eigenvalue weighted by Crippen LogP contribution is 2.32. The van der Waals surface area contributed by atoms with Crippen LogP contribution in [0.25, 0.3) is 11.0 Å². The SMILES string of the molecule is C[C@H]1CCc2ccc3c4c2n1c[n+]4CCC3. The lowest BCUT2D eigenvalue weighted by Gasteiger charge is -2.17. The fraction of sp³-hybridized carbons (Fsp3) is 0.500. The Bertz CT molecular complexity index is 580. The minimum atomic E-state index is 0.671. The summed E-state index contributed by atoms with van der Waals surface area (Å²) < 4.78 is 4.97. The molecular weight excluding hydrogens is 196 g/mol. The minimum absolute atomic E-state index is 0.671. The third-order valence-corrected chi connectivity index (χ3v) is 4.28. The zero-order valence-corrected chi connectivity index (χ0v) is 9.74. The summed E-state index contributed by atoms with van der Waals surface area (Å²) in [6.07, 6.45) is 7.44. The number of aromatic nitrogens is 2. The van der Waals surface area contributed by atoms with Gasteiger partial charge in [-0.05, 0) is 32.6 Å². The lowest BCUT2D eigenvalue weighted by Crippen LogP contribution is -2.35. The molecule has 2 nitrogen and oxygen atoms in total. The number of hydrogen-bond donors (Lipinski definition) is 0. The molecule has 0 saturated heterocycles. The highest BCUT2D eigenvalue weighted by molar-refractivity contribution is 5.80. The smallest absolute Gasteiger partial charge is 0.230 e. The van der Waals surface area contributed by atoms with Crippen LogP contribution in [0.1, 0.15) is 36.9 Å². The van der Waals surface area contributed by atoms with Gasteiger partial charge in [0.15, 0.2) is 11.0 Å². The molecule has 0 amide bonds. The van der Waals surface area contributed by atoms with Crippen LogP contribution in [0.5, 0.6) is 0 Å². The summed E-state index contributed by atoms with van der Waals surface area (Å²) in [5, 5.41) is 0. The predicted octanol–water partition coefficient (Wildman–Crippen LogP) is 2.38. The zero-order chi connectivity index (χ0) is 10.7. The average molecular weight is 213 g/mol. The summed E-state index contributed by atoms with van der Waals surface area (Å²) in [5.41, 5.74) is 6.15. The van der Waals surface area contributed by atoms with Crippen molar-refractivity contribution in [1.82, 2.24) is 4.57 Å². The molecule has 2 aliphatic rings. The Balaban J connectivity index is 2.18. The normalized spacial score (nSPS) is 22.7. The van der Waals surface area contributed by atoms with Crippen molar-refractivity contribution in [2.45, 2.75) is 45.2 Å². The van der Waals surface area contributed by atoms with E-state index in [2.05, 4.69) is 34.5 Å². The summed E-state index contributed by atoms with van der Waals surface area (Å²) in [4.78, 5) is 0. The highest BCUT2D eigenvalue weighted by Gasteiger charge is 2.30. The van der Waals surface area contributed by atoms with Gasteiger partial charge in [0.1, 0.15) is 0 Å². The summed E-state index contributed by atoms with van der Waals surface area (Å²) in [7, 11) is 0. The fourth-order valence-electron chi connectivity index (χ4n) is 3.39. The molecule has 0 radical (unpaired) electrons. The molecule has 4 rings (SSSR count). The number of benzene rings is 1. The van der Waals surface area contributed by atoms with Crippen LogP contribution >= 0.6 is 0 Å². The van der Waals surface area contributed by atoms with E-state index in [0.717, 1.165) is 0 Å². The van der Waals surface area contributed by atoms with Gasteiger partial charge in [0.2, 0.25) is 6.33 Å². The molecule has 2 aliphatic heterocycles. The van der Waals surface area contributed by atoms with Crippen molar-refractivity contribution in [1.29, 1.82) is 0 Å². The monoisotopic (exact) mass is 213 g/mol. The molecule has 16 heavy (non-hydrogen) atoms. The van der Waals surface area contributed by atoms with E-state index >= 15 is 0 Å². The molecule has 0 unspecified atom stereocenters. The van der Waals surface area contributed by atoms with Gasteiger partial charge < -0.3 is 0 Å². The highest BCUT2D eigenvalue weighted by atomic mass is 15.2. The largest absolute Gasteiger partial charge is 0.244 e. The summed E-state index contributed by atoms with van der Waals surface area (Å²) in [6, 6.07) is 5.38. The first-order chi connectivity index (χ1) is 7.84. The Morgan fingerprint density at radius 3 is 3.06 bits per heavy atom. The van der Waals surface area contributed by atoms with Crippen LogP contribution in [-0.2, 0) is 19.4 Å². The molecule has 1 atom stereocenters. The molecule has 0 saturated carbocycles. The second kappa shape index (κ2) is 2.88. The van der Waals surface area contributed by atoms with Gasteiger partial charge in [-0.3, -0.25) is 0 Å². The van der Waals surface area contributed by atoms with Gasteiger partial charge in [-0.15, -0.1) is 0 Å². The van der Waals surface area contributed by atoms with Crippen molar-refractivity contribution < 1.29 is 4.57 Å². The van der Waals surface area contributed by atoms with Gasteiger partial charge in [-0.1, -0.05) is 12.1 Å². The Morgan fingerprint density at radius 2 is 2.12 bits per heavy atom. The van der Waals surface area contributed by atoms with Crippen LogP contribution in [0.15, 0.2) is 18.5 Å². The Morgan fingerprint density at radius 1 is 1.25 bits per heavy atom. The lowest BCUT2D eigenvalue weighted by molar-refractivity contribution is -0.675. The molecule has 0 bridgehead atoms. The first kappa shape index (κ1) is 8.80. The van der Waals surface area contributed by atoms with Crippen LogP contribution in [-0.4, -0.2) is 4.57 Å². The average Bonchev–Trinajstić information content (AvgIpc) is 2.70. The number of hydrogen-bond acceptors (Lipinski definition) is 0. The van der Waals surface area contributed by atoms with E-state index in [1.165, 1.54) is 43.3 Å². The second-order valence-corrected chi connectivity index (χ2v) is 5.29. The van der Waals surface area contributed by atoms with Gasteiger partial charge in [-0.25, -0.2) is 9.13 Å². The van der Waals surface area contributed by atoms with Crippen LogP contribution in [0.2, 0.25) is 0 Å². The predicted molar refractivity (Wildman–Crippen MR) is 63.5 cm³/mol. The molecule has 1 aromatic carbocycles. The fourth-order valence-corrected chi connectivity index (χ4v) is 3.39. The molecule has 0 fully saturated rings. The van der Waals surface area contributed by atoms with Gasteiger partial charge in [0.25, 0.3) is 0 Å². The molecule has 0 spiro atoms. The number of rotatable bonds is 0. The number of imidazole rings is 1. The van der Waals surface area contributed by atoms with Gasteiger partial charge in [-0.2, -0.15) is 0 Å². The van der Waals surface area contributed by atoms with Crippen LogP contribution in [0.4, 0.5) is 0 Å². The van der Waals surface area contributed by atoms with Gasteiger partial charge in [0.05, 0.1) is 12.6 Å². The molecular formula is C14H17N2+. The maximum atomic E-state index is 2.50. The third-order valence-electron chi connectivity index (χ3n) is 4.28. The van der Waals surface area contributed by atoms with Gasteiger partial charge in [0, 0.05) is 11.1 Å². The van der Waals surface area contributed by atoms with Crippen molar-refractivity contribution in [3.63, 3.8) is 0 Å². The van der Waals surface area contributed by atoms with Crippen molar-refractivity contribution in [3.05, 3.63) is 29.6 Å². The van der Waals surface area contributed by atoms with E-state index < -0.39 is 0 Å². The standard InChI is InChI=1S/C14H17N2/c1-10-4-5-12-7-6-11-3-2-8-15-9-16(10)14(12)13(11)15/h6-7,9-10H,2-5,8H2,1H3/q+1/t10-/m0/s1. The topological polar surface area (TPSA) is 8.81 Å². The molecule has 82 valence electrons. The van der Waals surface area contributed by atoms with Crippen molar-refractivity contribution in [2.24, 2.45) is 0 Å². The molecule has 0 N–H and O–H groups in total. The molecule has 3 heterocycles. The minimum Gasteiger partial charge on any atom is -0.230 e. The Labute approximate surface area is 95.5 Å². The summed E-state index contributed by atoms with van der Waals surface area (Å²) >= 11 is 0. The first-order valence-electron chi connectivity index (χ1n) is 6.39. The van der Waals surface area contributed by atoms with Gasteiger partial charge >= 0.3 is 0 Å². The van der Waals surface area contributed by atoms with Crippen LogP contribution in [0.3, 0.4) is 0 Å². The zero-order valence-electron chi connectivity index (χ0n) is 9.74. The number of nitrogens with zero attached hydrogens (tertiary/aromatic N) is 2. The third kappa shape index (κ3) is 0.952. The van der Waals surface area contributed by atoms with E-state index in [9.17, 15) is 0 Å². The quantitative estimate of drug-likeness (QED) is 0.594. The van der Waals surface area contributed by atoms with Crippen molar-refractivity contribution >= 4 is 11.0 Å².